The van der Waals surface area contributed by atoms with Crippen LogP contribution < -0.4 is 4.74 Å². The maximum Gasteiger partial charge on any atom is 0.302 e. The maximum absolute atomic E-state index is 12.7. The highest BCUT2D eigenvalue weighted by Gasteiger charge is 2.35. The van der Waals surface area contributed by atoms with Crippen molar-refractivity contribution < 1.29 is 19.1 Å². The van der Waals surface area contributed by atoms with E-state index in [0.717, 1.165) is 11.1 Å². The second-order valence-electron chi connectivity index (χ2n) is 6.32. The molecule has 0 aliphatic carbocycles. The van der Waals surface area contributed by atoms with E-state index < -0.39 is 16.4 Å². The summed E-state index contributed by atoms with van der Waals surface area (Å²) in [7, 11) is 0. The van der Waals surface area contributed by atoms with Gasteiger partial charge in [0, 0.05) is 12.5 Å². The predicted octanol–water partition coefficient (Wildman–Crippen LogP) is 4.61. The van der Waals surface area contributed by atoms with E-state index in [2.05, 4.69) is 15.9 Å². The lowest BCUT2D eigenvalue weighted by Gasteiger charge is -2.25. The fourth-order valence-corrected chi connectivity index (χ4v) is 3.07. The third-order valence-corrected chi connectivity index (χ3v) is 4.31. The first kappa shape index (κ1) is 19.2. The molecule has 0 amide bonds. The molecule has 0 saturated heterocycles. The molecule has 4 nitrogen and oxygen atoms in total. The number of rotatable bonds is 7. The molecule has 5 heteroatoms. The molecule has 0 aliphatic heterocycles. The second-order valence-corrected chi connectivity index (χ2v) is 7.16. The van der Waals surface area contributed by atoms with Crippen molar-refractivity contribution in [1.29, 1.82) is 0 Å². The van der Waals surface area contributed by atoms with E-state index in [4.69, 9.17) is 9.47 Å². The van der Waals surface area contributed by atoms with Crippen LogP contribution in [-0.2, 0) is 14.3 Å². The minimum absolute atomic E-state index is 0.00690. The Kier molecular flexibility index (Phi) is 6.37. The number of hydrogen-bond donors (Lipinski definition) is 0. The summed E-state index contributed by atoms with van der Waals surface area (Å²) in [6, 6.07) is 17.4. The van der Waals surface area contributed by atoms with E-state index in [-0.39, 0.29) is 12.4 Å². The largest absolute Gasteiger partial charge is 0.471 e. The predicted molar refractivity (Wildman–Crippen MR) is 101 cm³/mol. The Morgan fingerprint density at radius 3 is 2.28 bits per heavy atom. The van der Waals surface area contributed by atoms with Gasteiger partial charge in [0.15, 0.2) is 5.78 Å². The number of ketones is 1. The van der Waals surface area contributed by atoms with Crippen LogP contribution in [0, 0.1) is 5.41 Å². The van der Waals surface area contributed by atoms with E-state index in [1.54, 1.807) is 13.8 Å². The van der Waals surface area contributed by atoms with E-state index in [9.17, 15) is 9.59 Å². The molecular weight excluding hydrogens is 384 g/mol. The Balaban J connectivity index is 2.17. The van der Waals surface area contributed by atoms with Gasteiger partial charge in [-0.2, -0.15) is 0 Å². The topological polar surface area (TPSA) is 52.6 Å². The lowest BCUT2D eigenvalue weighted by molar-refractivity contribution is -0.147. The molecule has 2 aromatic carbocycles. The zero-order valence-electron chi connectivity index (χ0n) is 14.5. The van der Waals surface area contributed by atoms with Crippen LogP contribution in [0.2, 0.25) is 0 Å². The number of hydrogen-bond acceptors (Lipinski definition) is 4. The van der Waals surface area contributed by atoms with Gasteiger partial charge in [-0.3, -0.25) is 9.59 Å². The fraction of sp³-hybridized carbons (Fsp3) is 0.300. The van der Waals surface area contributed by atoms with E-state index in [0.29, 0.717) is 5.75 Å². The summed E-state index contributed by atoms with van der Waals surface area (Å²) in [6.07, 6.45) is 0. The van der Waals surface area contributed by atoms with Crippen molar-refractivity contribution in [2.24, 2.45) is 5.41 Å². The summed E-state index contributed by atoms with van der Waals surface area (Å²) in [5.74, 6) is -0.00818. The molecule has 25 heavy (non-hydrogen) atoms. The van der Waals surface area contributed by atoms with Crippen LogP contribution in [0.1, 0.15) is 20.8 Å². The number of carbonyl (C=O) groups excluding carboxylic acids is 2. The summed E-state index contributed by atoms with van der Waals surface area (Å²) < 4.78 is 10.9. The van der Waals surface area contributed by atoms with Crippen molar-refractivity contribution in [1.82, 2.24) is 0 Å². The summed E-state index contributed by atoms with van der Waals surface area (Å²) in [5.41, 5.74) is 1.05. The number of benzene rings is 2. The number of esters is 1. The molecule has 0 fully saturated rings. The smallest absolute Gasteiger partial charge is 0.302 e. The molecule has 0 spiro atoms. The number of para-hydroxylation sites is 1. The van der Waals surface area contributed by atoms with Crippen LogP contribution in [0.15, 0.2) is 54.6 Å². The molecule has 1 atom stereocenters. The van der Waals surface area contributed by atoms with Gasteiger partial charge >= 0.3 is 5.97 Å². The standard InChI is InChI=1S/C20H21BrO4/c1-14(22)24-13-20(2,3)18(23)19(21)25-17-12-8-7-11-16(17)15-9-5-4-6-10-15/h4-12,19H,13H2,1-3H3. The molecule has 1 unspecified atom stereocenters. The lowest BCUT2D eigenvalue weighted by atomic mass is 9.89. The number of ether oxygens (including phenoxy) is 2. The van der Waals surface area contributed by atoms with Crippen LogP contribution in [0.5, 0.6) is 5.75 Å². The number of halogens is 1. The molecule has 132 valence electrons. The summed E-state index contributed by atoms with van der Waals surface area (Å²) in [6.45, 7) is 4.77. The van der Waals surface area contributed by atoms with Gasteiger partial charge in [-0.05, 0) is 41.4 Å². The highest BCUT2D eigenvalue weighted by Crippen LogP contribution is 2.32. The summed E-state index contributed by atoms with van der Waals surface area (Å²) in [5, 5.41) is -0.845. The van der Waals surface area contributed by atoms with Gasteiger partial charge in [0.2, 0.25) is 5.01 Å². The van der Waals surface area contributed by atoms with Gasteiger partial charge in [-0.1, -0.05) is 48.5 Å². The Bertz CT molecular complexity index is 740. The van der Waals surface area contributed by atoms with E-state index >= 15 is 0 Å². The van der Waals surface area contributed by atoms with Crippen molar-refractivity contribution in [3.63, 3.8) is 0 Å². The van der Waals surface area contributed by atoms with Gasteiger partial charge in [-0.25, -0.2) is 0 Å². The van der Waals surface area contributed by atoms with Crippen molar-refractivity contribution in [2.75, 3.05) is 6.61 Å². The Morgan fingerprint density at radius 1 is 1.04 bits per heavy atom. The van der Waals surface area contributed by atoms with Crippen LogP contribution in [0.4, 0.5) is 0 Å². The van der Waals surface area contributed by atoms with Gasteiger partial charge < -0.3 is 9.47 Å². The Morgan fingerprint density at radius 2 is 1.64 bits per heavy atom. The van der Waals surface area contributed by atoms with Crippen LogP contribution >= 0.6 is 15.9 Å². The highest BCUT2D eigenvalue weighted by molar-refractivity contribution is 9.09. The summed E-state index contributed by atoms with van der Waals surface area (Å²) in [4.78, 5) is 23.7. The zero-order chi connectivity index (χ0) is 18.4. The number of Topliss-reactive ketones (excluding diaryl/α,β-unsaturated/α-hetero) is 1. The van der Waals surface area contributed by atoms with Gasteiger partial charge in [0.05, 0.1) is 5.41 Å². The van der Waals surface area contributed by atoms with Crippen LogP contribution in [0.25, 0.3) is 11.1 Å². The molecule has 0 radical (unpaired) electrons. The first-order valence-electron chi connectivity index (χ1n) is 7.94. The third-order valence-electron chi connectivity index (χ3n) is 3.71. The first-order valence-corrected chi connectivity index (χ1v) is 8.86. The molecule has 2 rings (SSSR count). The van der Waals surface area contributed by atoms with E-state index in [1.807, 2.05) is 54.6 Å². The molecule has 0 aliphatic rings. The number of carbonyl (C=O) groups is 2. The zero-order valence-corrected chi connectivity index (χ0v) is 16.1. The quantitative estimate of drug-likeness (QED) is 0.499. The third kappa shape index (κ3) is 5.16. The average Bonchev–Trinajstić information content (AvgIpc) is 2.60. The van der Waals surface area contributed by atoms with Crippen LogP contribution in [-0.4, -0.2) is 23.4 Å². The molecule has 0 bridgehead atoms. The molecule has 0 saturated carbocycles. The molecule has 2 aromatic rings. The van der Waals surface area contributed by atoms with Crippen molar-refractivity contribution in [3.05, 3.63) is 54.6 Å². The molecule has 0 heterocycles. The summed E-state index contributed by atoms with van der Waals surface area (Å²) >= 11 is 3.32. The van der Waals surface area contributed by atoms with Crippen molar-refractivity contribution >= 4 is 27.7 Å². The van der Waals surface area contributed by atoms with Crippen molar-refractivity contribution in [3.8, 4) is 16.9 Å². The minimum atomic E-state index is -0.860. The number of alkyl halides is 1. The monoisotopic (exact) mass is 404 g/mol. The van der Waals surface area contributed by atoms with E-state index in [1.165, 1.54) is 6.92 Å². The second kappa shape index (κ2) is 8.30. The SMILES string of the molecule is CC(=O)OCC(C)(C)C(=O)C(Br)Oc1ccccc1-c1ccccc1. The maximum atomic E-state index is 12.7. The van der Waals surface area contributed by atoms with Crippen LogP contribution in [0.3, 0.4) is 0 Å². The molecular formula is C20H21BrO4. The minimum Gasteiger partial charge on any atom is -0.471 e. The lowest BCUT2D eigenvalue weighted by Crippen LogP contribution is -2.38. The van der Waals surface area contributed by atoms with Crippen molar-refractivity contribution in [2.45, 2.75) is 25.8 Å². The fourth-order valence-electron chi connectivity index (χ4n) is 2.25. The van der Waals surface area contributed by atoms with Gasteiger partial charge in [0.1, 0.15) is 12.4 Å². The molecule has 0 aromatic heterocycles. The Labute approximate surface area is 156 Å². The highest BCUT2D eigenvalue weighted by atomic mass is 79.9. The first-order chi connectivity index (χ1) is 11.8. The Hall–Kier alpha value is -2.14. The normalized spacial score (nSPS) is 12.3. The van der Waals surface area contributed by atoms with Gasteiger partial charge in [-0.15, -0.1) is 0 Å². The molecule has 0 N–H and O–H groups in total. The van der Waals surface area contributed by atoms with Gasteiger partial charge in [0.25, 0.3) is 0 Å². The average molecular weight is 405 g/mol.